The Balaban J connectivity index is 2.18. The van der Waals surface area contributed by atoms with Crippen molar-refractivity contribution in [1.82, 2.24) is 10.2 Å². The lowest BCUT2D eigenvalue weighted by Gasteiger charge is -2.32. The number of ether oxygens (including phenoxy) is 2. The van der Waals surface area contributed by atoms with Crippen molar-refractivity contribution in [3.05, 3.63) is 22.7 Å². The number of nitrogens with zero attached hydrogens (tertiary/aromatic N) is 1. The summed E-state index contributed by atoms with van der Waals surface area (Å²) < 4.78 is 10.8. The minimum Gasteiger partial charge on any atom is -0.493 e. The third-order valence-corrected chi connectivity index (χ3v) is 4.24. The van der Waals surface area contributed by atoms with Crippen molar-refractivity contribution in [3.8, 4) is 11.5 Å². The first kappa shape index (κ1) is 16.9. The van der Waals surface area contributed by atoms with Crippen molar-refractivity contribution in [3.63, 3.8) is 0 Å². The number of halogens is 1. The van der Waals surface area contributed by atoms with E-state index in [1.165, 1.54) is 0 Å². The fraction of sp³-hybridized carbons (Fsp3) is 0.562. The lowest BCUT2D eigenvalue weighted by Crippen LogP contribution is -2.43. The molecule has 22 heavy (non-hydrogen) atoms. The highest BCUT2D eigenvalue weighted by Crippen LogP contribution is 2.36. The van der Waals surface area contributed by atoms with Gasteiger partial charge in [-0.3, -0.25) is 4.79 Å². The smallest absolute Gasteiger partial charge is 0.254 e. The van der Waals surface area contributed by atoms with E-state index < -0.39 is 0 Å². The Hall–Kier alpha value is -1.46. The van der Waals surface area contributed by atoms with Gasteiger partial charge in [-0.2, -0.15) is 0 Å². The lowest BCUT2D eigenvalue weighted by atomic mass is 10.0. The Morgan fingerprint density at radius 1 is 1.41 bits per heavy atom. The van der Waals surface area contributed by atoms with Crippen molar-refractivity contribution in [2.75, 3.05) is 33.9 Å². The fourth-order valence-electron chi connectivity index (χ4n) is 2.68. The van der Waals surface area contributed by atoms with Gasteiger partial charge in [-0.05, 0) is 38.9 Å². The Bertz CT molecular complexity index is 528. The number of benzene rings is 1. The average molecular weight is 327 g/mol. The van der Waals surface area contributed by atoms with Crippen LogP contribution in [0.5, 0.6) is 11.5 Å². The van der Waals surface area contributed by atoms with Gasteiger partial charge in [0.15, 0.2) is 11.5 Å². The number of rotatable bonds is 5. The quantitative estimate of drug-likeness (QED) is 0.903. The molecule has 0 bridgehead atoms. The van der Waals surface area contributed by atoms with E-state index >= 15 is 0 Å². The molecule has 0 aliphatic carbocycles. The van der Waals surface area contributed by atoms with Gasteiger partial charge >= 0.3 is 0 Å². The minimum absolute atomic E-state index is 0.0159. The predicted octanol–water partition coefficient (Wildman–Crippen LogP) is 2.57. The van der Waals surface area contributed by atoms with E-state index in [0.29, 0.717) is 34.7 Å². The van der Waals surface area contributed by atoms with E-state index in [2.05, 4.69) is 5.32 Å². The van der Waals surface area contributed by atoms with Crippen LogP contribution in [0.1, 0.15) is 30.1 Å². The number of carbonyl (C=O) groups excluding carboxylic acids is 1. The van der Waals surface area contributed by atoms with Gasteiger partial charge in [0.25, 0.3) is 5.91 Å². The van der Waals surface area contributed by atoms with Crippen molar-refractivity contribution >= 4 is 17.5 Å². The van der Waals surface area contributed by atoms with Crippen LogP contribution in [0.3, 0.4) is 0 Å². The molecule has 2 rings (SSSR count). The number of piperidine rings is 1. The van der Waals surface area contributed by atoms with Crippen LogP contribution in [0.2, 0.25) is 5.02 Å². The number of carbonyl (C=O) groups is 1. The van der Waals surface area contributed by atoms with Crippen LogP contribution < -0.4 is 14.8 Å². The Kier molecular flexibility index (Phi) is 5.91. The molecule has 1 aromatic rings. The first-order chi connectivity index (χ1) is 10.6. The minimum atomic E-state index is -0.0159. The number of nitrogens with one attached hydrogen (secondary N) is 1. The van der Waals surface area contributed by atoms with Gasteiger partial charge in [0, 0.05) is 24.7 Å². The highest BCUT2D eigenvalue weighted by Gasteiger charge is 2.24. The summed E-state index contributed by atoms with van der Waals surface area (Å²) in [6, 6.07) is 3.84. The molecule has 1 heterocycles. The van der Waals surface area contributed by atoms with Gasteiger partial charge in [-0.25, -0.2) is 0 Å². The van der Waals surface area contributed by atoms with Gasteiger partial charge in [0.05, 0.1) is 18.7 Å². The highest BCUT2D eigenvalue weighted by molar-refractivity contribution is 6.32. The molecule has 0 radical (unpaired) electrons. The van der Waals surface area contributed by atoms with E-state index in [1.54, 1.807) is 19.2 Å². The van der Waals surface area contributed by atoms with E-state index in [9.17, 15) is 4.79 Å². The molecule has 1 aliphatic heterocycles. The van der Waals surface area contributed by atoms with Crippen LogP contribution in [-0.4, -0.2) is 50.7 Å². The summed E-state index contributed by atoms with van der Waals surface area (Å²) in [4.78, 5) is 14.5. The molecule has 1 fully saturated rings. The molecule has 1 amide bonds. The molecule has 1 aromatic carbocycles. The second-order valence-corrected chi connectivity index (χ2v) is 5.68. The molecule has 1 saturated heterocycles. The van der Waals surface area contributed by atoms with Gasteiger partial charge in [-0.15, -0.1) is 0 Å². The van der Waals surface area contributed by atoms with Gasteiger partial charge in [-0.1, -0.05) is 11.6 Å². The molecule has 6 heteroatoms. The van der Waals surface area contributed by atoms with Crippen LogP contribution in [-0.2, 0) is 0 Å². The molecule has 0 atom stereocenters. The molecule has 0 spiro atoms. The van der Waals surface area contributed by atoms with Gasteiger partial charge in [0.1, 0.15) is 0 Å². The van der Waals surface area contributed by atoms with Crippen LogP contribution in [0, 0.1) is 0 Å². The molecule has 122 valence electrons. The molecule has 0 aromatic heterocycles. The topological polar surface area (TPSA) is 50.8 Å². The predicted molar refractivity (Wildman–Crippen MR) is 87.2 cm³/mol. The van der Waals surface area contributed by atoms with E-state index in [1.807, 2.05) is 18.9 Å². The van der Waals surface area contributed by atoms with E-state index in [-0.39, 0.29) is 5.91 Å². The SMILES string of the molecule is CCOc1c(Cl)cc(C(=O)N2CCC(NC)CC2)cc1OC. The normalized spacial score (nSPS) is 15.7. The maximum absolute atomic E-state index is 12.6. The zero-order valence-electron chi connectivity index (χ0n) is 13.3. The fourth-order valence-corrected chi connectivity index (χ4v) is 2.95. The Labute approximate surface area is 136 Å². The Morgan fingerprint density at radius 2 is 2.09 bits per heavy atom. The lowest BCUT2D eigenvalue weighted by molar-refractivity contribution is 0.0707. The maximum atomic E-state index is 12.6. The molecule has 0 unspecified atom stereocenters. The number of hydrogen-bond acceptors (Lipinski definition) is 4. The first-order valence-corrected chi connectivity index (χ1v) is 7.95. The van der Waals surface area contributed by atoms with Crippen LogP contribution in [0.25, 0.3) is 0 Å². The van der Waals surface area contributed by atoms with Crippen molar-refractivity contribution in [2.45, 2.75) is 25.8 Å². The van der Waals surface area contributed by atoms with Crippen molar-refractivity contribution in [2.24, 2.45) is 0 Å². The van der Waals surface area contributed by atoms with Crippen LogP contribution >= 0.6 is 11.6 Å². The number of methoxy groups -OCH3 is 1. The summed E-state index contributed by atoms with van der Waals surface area (Å²) in [6.45, 7) is 3.86. The van der Waals surface area contributed by atoms with Gasteiger partial charge < -0.3 is 19.7 Å². The molecule has 5 nitrogen and oxygen atoms in total. The number of likely N-dealkylation sites (tertiary alicyclic amines) is 1. The second-order valence-electron chi connectivity index (χ2n) is 5.28. The van der Waals surface area contributed by atoms with Crippen molar-refractivity contribution < 1.29 is 14.3 Å². The summed E-state index contributed by atoms with van der Waals surface area (Å²) >= 11 is 6.23. The highest BCUT2D eigenvalue weighted by atomic mass is 35.5. The summed E-state index contributed by atoms with van der Waals surface area (Å²) in [6.07, 6.45) is 1.92. The maximum Gasteiger partial charge on any atom is 0.254 e. The van der Waals surface area contributed by atoms with E-state index in [0.717, 1.165) is 25.9 Å². The number of hydrogen-bond donors (Lipinski definition) is 1. The summed E-state index contributed by atoms with van der Waals surface area (Å²) in [5.41, 5.74) is 0.535. The van der Waals surface area contributed by atoms with E-state index in [4.69, 9.17) is 21.1 Å². The first-order valence-electron chi connectivity index (χ1n) is 7.57. The average Bonchev–Trinajstić information content (AvgIpc) is 2.56. The Morgan fingerprint density at radius 3 is 2.64 bits per heavy atom. The standard InChI is InChI=1S/C16H23ClN2O3/c1-4-22-15-13(17)9-11(10-14(15)21-3)16(20)19-7-5-12(18-2)6-8-19/h9-10,12,18H,4-8H2,1-3H3. The van der Waals surface area contributed by atoms with Crippen LogP contribution in [0.4, 0.5) is 0 Å². The largest absolute Gasteiger partial charge is 0.493 e. The van der Waals surface area contributed by atoms with Gasteiger partial charge in [0.2, 0.25) is 0 Å². The van der Waals surface area contributed by atoms with Crippen LogP contribution in [0.15, 0.2) is 12.1 Å². The monoisotopic (exact) mass is 326 g/mol. The molecule has 0 saturated carbocycles. The molecule has 1 aliphatic rings. The third-order valence-electron chi connectivity index (χ3n) is 3.96. The molecule has 1 N–H and O–H groups in total. The third kappa shape index (κ3) is 3.65. The zero-order chi connectivity index (χ0) is 16.1. The molecular weight excluding hydrogens is 304 g/mol. The number of amides is 1. The zero-order valence-corrected chi connectivity index (χ0v) is 14.1. The summed E-state index contributed by atoms with van der Waals surface area (Å²) in [5, 5.41) is 3.65. The van der Waals surface area contributed by atoms with Crippen molar-refractivity contribution in [1.29, 1.82) is 0 Å². The summed E-state index contributed by atoms with van der Waals surface area (Å²) in [7, 11) is 3.50. The summed E-state index contributed by atoms with van der Waals surface area (Å²) in [5.74, 6) is 0.956. The second kappa shape index (κ2) is 7.70. The molecular formula is C16H23ClN2O3.